The van der Waals surface area contributed by atoms with Crippen molar-refractivity contribution in [2.24, 2.45) is 11.8 Å². The van der Waals surface area contributed by atoms with E-state index in [2.05, 4.69) is 4.74 Å². The minimum absolute atomic E-state index is 0.0270. The van der Waals surface area contributed by atoms with Gasteiger partial charge < -0.3 is 14.6 Å². The van der Waals surface area contributed by atoms with Crippen molar-refractivity contribution in [3.8, 4) is 22.6 Å². The van der Waals surface area contributed by atoms with Crippen LogP contribution in [0, 0.1) is 17.7 Å². The van der Waals surface area contributed by atoms with E-state index in [1.165, 1.54) is 12.1 Å². The van der Waals surface area contributed by atoms with Crippen LogP contribution < -0.4 is 9.47 Å². The zero-order chi connectivity index (χ0) is 18.9. The smallest absolute Gasteiger partial charge is 0.493 e. The highest BCUT2D eigenvalue weighted by atomic mass is 19.4. The van der Waals surface area contributed by atoms with Crippen molar-refractivity contribution < 1.29 is 36.9 Å². The number of aliphatic carboxylic acids is 1. The first-order valence-corrected chi connectivity index (χ1v) is 7.74. The first kappa shape index (κ1) is 18.0. The van der Waals surface area contributed by atoms with Gasteiger partial charge in [0.2, 0.25) is 0 Å². The molecule has 1 saturated carbocycles. The zero-order valence-electron chi connectivity index (χ0n) is 13.3. The lowest BCUT2D eigenvalue weighted by Crippen LogP contribution is -2.17. The van der Waals surface area contributed by atoms with Gasteiger partial charge in [-0.3, -0.25) is 4.79 Å². The molecule has 8 heteroatoms. The van der Waals surface area contributed by atoms with Crippen LogP contribution in [0.1, 0.15) is 6.42 Å². The minimum Gasteiger partial charge on any atom is -0.493 e. The number of rotatable bonds is 6. The number of hydrogen-bond acceptors (Lipinski definition) is 3. The maximum absolute atomic E-state index is 13.9. The zero-order valence-corrected chi connectivity index (χ0v) is 13.3. The summed E-state index contributed by atoms with van der Waals surface area (Å²) in [6, 6.07) is 8.88. The van der Waals surface area contributed by atoms with Crippen LogP contribution >= 0.6 is 0 Å². The molecular formula is C18H14F4O4. The molecule has 0 saturated heterocycles. The second kappa shape index (κ2) is 6.86. The Labute approximate surface area is 146 Å². The Morgan fingerprint density at radius 3 is 2.35 bits per heavy atom. The lowest BCUT2D eigenvalue weighted by atomic mass is 10.0. The van der Waals surface area contributed by atoms with E-state index in [0.29, 0.717) is 17.7 Å². The van der Waals surface area contributed by atoms with Crippen molar-refractivity contribution in [1.29, 1.82) is 0 Å². The van der Waals surface area contributed by atoms with Gasteiger partial charge in [0.25, 0.3) is 0 Å². The summed E-state index contributed by atoms with van der Waals surface area (Å²) in [6.07, 6.45) is -4.28. The van der Waals surface area contributed by atoms with E-state index in [1.54, 1.807) is 12.1 Å². The molecule has 0 amide bonds. The number of carboxylic acids is 1. The Hall–Kier alpha value is -2.77. The normalized spacial score (nSPS) is 19.1. The van der Waals surface area contributed by atoms with Gasteiger partial charge in [0.15, 0.2) is 0 Å². The van der Waals surface area contributed by atoms with Crippen LogP contribution in [0.3, 0.4) is 0 Å². The van der Waals surface area contributed by atoms with Gasteiger partial charge in [0.05, 0.1) is 12.5 Å². The van der Waals surface area contributed by atoms with Gasteiger partial charge in [-0.25, -0.2) is 4.39 Å². The second-order valence-electron chi connectivity index (χ2n) is 5.97. The molecular weight excluding hydrogens is 356 g/mol. The lowest BCUT2D eigenvalue weighted by molar-refractivity contribution is -0.274. The Balaban J connectivity index is 1.68. The van der Waals surface area contributed by atoms with Crippen LogP contribution in [0.2, 0.25) is 0 Å². The van der Waals surface area contributed by atoms with Crippen molar-refractivity contribution in [3.63, 3.8) is 0 Å². The molecule has 1 aliphatic rings. The van der Waals surface area contributed by atoms with Crippen LogP contribution in [0.5, 0.6) is 11.5 Å². The molecule has 2 aromatic rings. The third-order valence-corrected chi connectivity index (χ3v) is 4.04. The van der Waals surface area contributed by atoms with E-state index in [-0.39, 0.29) is 24.0 Å². The van der Waals surface area contributed by atoms with Gasteiger partial charge in [0, 0.05) is 11.5 Å². The third-order valence-electron chi connectivity index (χ3n) is 4.04. The fraction of sp³-hybridized carbons (Fsp3) is 0.278. The summed E-state index contributed by atoms with van der Waals surface area (Å²) in [7, 11) is 0. The predicted molar refractivity (Wildman–Crippen MR) is 83.2 cm³/mol. The summed E-state index contributed by atoms with van der Waals surface area (Å²) >= 11 is 0. The minimum atomic E-state index is -4.86. The van der Waals surface area contributed by atoms with Crippen molar-refractivity contribution in [1.82, 2.24) is 0 Å². The molecule has 26 heavy (non-hydrogen) atoms. The number of alkyl halides is 3. The monoisotopic (exact) mass is 370 g/mol. The summed E-state index contributed by atoms with van der Waals surface area (Å²) < 4.78 is 60.1. The largest absolute Gasteiger partial charge is 0.573 e. The fourth-order valence-electron chi connectivity index (χ4n) is 2.59. The Bertz CT molecular complexity index is 802. The maximum atomic E-state index is 13.9. The third kappa shape index (κ3) is 4.44. The summed E-state index contributed by atoms with van der Waals surface area (Å²) in [5.74, 6) is -1.98. The molecule has 0 spiro atoms. The van der Waals surface area contributed by atoms with Gasteiger partial charge in [-0.05, 0) is 42.3 Å². The standard InChI is InChI=1S/C18H14F4O4/c19-16-6-5-13(26-18(20,21)22)8-14(16)10-1-3-12(4-2-10)25-9-11-7-15(11)17(23)24/h1-6,8,11,15H,7,9H2,(H,23,24)/t11-,15+/m0/s1. The van der Waals surface area contributed by atoms with Gasteiger partial charge in [-0.2, -0.15) is 0 Å². The molecule has 0 aromatic heterocycles. The average molecular weight is 370 g/mol. The number of carboxylic acid groups (broad SMARTS) is 1. The molecule has 138 valence electrons. The Morgan fingerprint density at radius 2 is 1.77 bits per heavy atom. The highest BCUT2D eigenvalue weighted by molar-refractivity contribution is 5.73. The Morgan fingerprint density at radius 1 is 1.12 bits per heavy atom. The second-order valence-corrected chi connectivity index (χ2v) is 5.97. The molecule has 3 rings (SSSR count). The molecule has 0 radical (unpaired) electrons. The molecule has 0 aliphatic heterocycles. The van der Waals surface area contributed by atoms with Crippen LogP contribution in [-0.4, -0.2) is 24.0 Å². The summed E-state index contributed by atoms with van der Waals surface area (Å²) in [5.41, 5.74) is 0.323. The van der Waals surface area contributed by atoms with Gasteiger partial charge in [0.1, 0.15) is 17.3 Å². The molecule has 1 N–H and O–H groups in total. The molecule has 0 heterocycles. The molecule has 1 aliphatic carbocycles. The molecule has 2 aromatic carbocycles. The first-order valence-electron chi connectivity index (χ1n) is 7.74. The number of ether oxygens (including phenoxy) is 2. The first-order chi connectivity index (χ1) is 12.2. The maximum Gasteiger partial charge on any atom is 0.573 e. The molecule has 2 atom stereocenters. The topological polar surface area (TPSA) is 55.8 Å². The highest BCUT2D eigenvalue weighted by Gasteiger charge is 2.43. The quantitative estimate of drug-likeness (QED) is 0.762. The SMILES string of the molecule is O=C(O)[C@@H]1C[C@H]1COc1ccc(-c2cc(OC(F)(F)F)ccc2F)cc1. The van der Waals surface area contributed by atoms with Gasteiger partial charge in [-0.1, -0.05) is 12.1 Å². The van der Waals surface area contributed by atoms with Crippen molar-refractivity contribution in [2.45, 2.75) is 12.8 Å². The summed E-state index contributed by atoms with van der Waals surface area (Å²) in [6.45, 7) is 0.263. The molecule has 1 fully saturated rings. The number of halogens is 4. The molecule has 0 bridgehead atoms. The number of carbonyl (C=O) groups is 1. The number of benzene rings is 2. The van der Waals surface area contributed by atoms with E-state index in [4.69, 9.17) is 9.84 Å². The van der Waals surface area contributed by atoms with E-state index >= 15 is 0 Å². The highest BCUT2D eigenvalue weighted by Crippen LogP contribution is 2.39. The molecule has 4 nitrogen and oxygen atoms in total. The summed E-state index contributed by atoms with van der Waals surface area (Å²) in [5, 5.41) is 8.83. The van der Waals surface area contributed by atoms with Crippen LogP contribution in [0.25, 0.3) is 11.1 Å². The van der Waals surface area contributed by atoms with Gasteiger partial charge in [-0.15, -0.1) is 13.2 Å². The van der Waals surface area contributed by atoms with Crippen molar-refractivity contribution in [2.75, 3.05) is 6.61 Å². The summed E-state index contributed by atoms with van der Waals surface area (Å²) in [4.78, 5) is 10.8. The van der Waals surface area contributed by atoms with E-state index in [1.807, 2.05) is 0 Å². The van der Waals surface area contributed by atoms with E-state index in [9.17, 15) is 22.4 Å². The average Bonchev–Trinajstić information content (AvgIpc) is 3.34. The van der Waals surface area contributed by atoms with Gasteiger partial charge >= 0.3 is 12.3 Å². The fourth-order valence-corrected chi connectivity index (χ4v) is 2.59. The Kier molecular flexibility index (Phi) is 4.76. The van der Waals surface area contributed by atoms with E-state index < -0.39 is 23.9 Å². The van der Waals surface area contributed by atoms with Crippen LogP contribution in [0.15, 0.2) is 42.5 Å². The van der Waals surface area contributed by atoms with Crippen LogP contribution in [-0.2, 0) is 4.79 Å². The molecule has 0 unspecified atom stereocenters. The lowest BCUT2D eigenvalue weighted by Gasteiger charge is -2.11. The predicted octanol–water partition coefficient (Wildman–Crippen LogP) is 4.49. The number of hydrogen-bond donors (Lipinski definition) is 1. The van der Waals surface area contributed by atoms with Crippen molar-refractivity contribution in [3.05, 3.63) is 48.3 Å². The van der Waals surface area contributed by atoms with Crippen LogP contribution in [0.4, 0.5) is 17.6 Å². The van der Waals surface area contributed by atoms with Crippen molar-refractivity contribution >= 4 is 5.97 Å². The van der Waals surface area contributed by atoms with E-state index in [0.717, 1.165) is 18.2 Å².